The summed E-state index contributed by atoms with van der Waals surface area (Å²) in [6.45, 7) is 2.77. The van der Waals surface area contributed by atoms with Gasteiger partial charge in [-0.2, -0.15) is 4.98 Å². The summed E-state index contributed by atoms with van der Waals surface area (Å²) in [5.41, 5.74) is 1.46. The van der Waals surface area contributed by atoms with Gasteiger partial charge in [0.2, 0.25) is 5.88 Å². The Labute approximate surface area is 227 Å². The van der Waals surface area contributed by atoms with Crippen LogP contribution >= 0.6 is 23.2 Å². The van der Waals surface area contributed by atoms with Crippen LogP contribution in [-0.4, -0.2) is 51.4 Å². The maximum atomic E-state index is 12.9. The highest BCUT2D eigenvalue weighted by atomic mass is 35.5. The van der Waals surface area contributed by atoms with E-state index in [2.05, 4.69) is 15.2 Å². The van der Waals surface area contributed by atoms with Crippen molar-refractivity contribution in [2.45, 2.75) is 19.3 Å². The number of carbonyl (C=O) groups excluding carboxylic acids is 1. The van der Waals surface area contributed by atoms with Crippen LogP contribution in [0.5, 0.6) is 17.4 Å². The first kappa shape index (κ1) is 26.9. The predicted molar refractivity (Wildman–Crippen MR) is 147 cm³/mol. The number of pyridine rings is 1. The summed E-state index contributed by atoms with van der Waals surface area (Å²) >= 11 is 12.2. The Balaban J connectivity index is 1.28. The number of halogens is 2. The molecule has 0 radical (unpaired) electrons. The molecule has 0 unspecified atom stereocenters. The fourth-order valence-electron chi connectivity index (χ4n) is 4.33. The number of nitrogens with zero attached hydrogens (tertiary/aromatic N) is 2. The van der Waals surface area contributed by atoms with Crippen LogP contribution in [0.4, 0.5) is 5.82 Å². The van der Waals surface area contributed by atoms with Gasteiger partial charge in [-0.15, -0.1) is 0 Å². The Bertz CT molecular complexity index is 1220. The zero-order valence-electron chi connectivity index (χ0n) is 21.0. The van der Waals surface area contributed by atoms with E-state index < -0.39 is 0 Å². The number of hydrogen-bond acceptors (Lipinski definition) is 6. The molecule has 0 aliphatic carbocycles. The number of nitrogens with one attached hydrogen (secondary N) is 1. The molecule has 7 nitrogen and oxygen atoms in total. The average molecular weight is 544 g/mol. The summed E-state index contributed by atoms with van der Waals surface area (Å²) in [6, 6.07) is 16.4. The van der Waals surface area contributed by atoms with Crippen LogP contribution in [0.3, 0.4) is 0 Å². The van der Waals surface area contributed by atoms with E-state index in [1.165, 1.54) is 0 Å². The number of ether oxygens (including phenoxy) is 3. The SMILES string of the molecule is COc1cccc(N2CCC(CNC(=O)c3ccc(OC)c(OCCc4ccc(Cl)cc4Cl)c3)CC2)n1. The van der Waals surface area contributed by atoms with Crippen molar-refractivity contribution in [3.05, 3.63) is 75.8 Å². The normalized spacial score (nSPS) is 13.8. The van der Waals surface area contributed by atoms with Crippen molar-refractivity contribution in [3.8, 4) is 17.4 Å². The minimum absolute atomic E-state index is 0.134. The molecule has 0 saturated carbocycles. The number of aromatic nitrogens is 1. The lowest BCUT2D eigenvalue weighted by Crippen LogP contribution is -2.39. The number of hydrogen-bond donors (Lipinski definition) is 1. The lowest BCUT2D eigenvalue weighted by Gasteiger charge is -2.33. The molecule has 3 aromatic rings. The lowest BCUT2D eigenvalue weighted by atomic mass is 9.96. The highest BCUT2D eigenvalue weighted by Gasteiger charge is 2.21. The molecule has 1 aliphatic heterocycles. The standard InChI is InChI=1S/C28H31Cl2N3O4/c1-35-24-9-7-21(16-25(24)37-15-12-20-6-8-22(29)17-23(20)30)28(34)31-18-19-10-13-33(14-11-19)26-4-3-5-27(32-26)36-2/h3-9,16-17,19H,10-15,18H2,1-2H3,(H,31,34). The fourth-order valence-corrected chi connectivity index (χ4v) is 4.83. The summed E-state index contributed by atoms with van der Waals surface area (Å²) < 4.78 is 16.6. The molecule has 1 aromatic heterocycles. The first-order valence-electron chi connectivity index (χ1n) is 12.3. The molecule has 1 aliphatic rings. The van der Waals surface area contributed by atoms with Gasteiger partial charge in [0.25, 0.3) is 5.91 Å². The van der Waals surface area contributed by atoms with Crippen LogP contribution < -0.4 is 24.4 Å². The van der Waals surface area contributed by atoms with Crippen molar-refractivity contribution in [2.75, 3.05) is 45.4 Å². The van der Waals surface area contributed by atoms with Gasteiger partial charge in [0.1, 0.15) is 5.82 Å². The molecule has 0 atom stereocenters. The molecular formula is C28H31Cl2N3O4. The second kappa shape index (κ2) is 12.9. The van der Waals surface area contributed by atoms with Gasteiger partial charge in [0.15, 0.2) is 11.5 Å². The molecule has 0 bridgehead atoms. The van der Waals surface area contributed by atoms with Crippen LogP contribution in [-0.2, 0) is 6.42 Å². The first-order chi connectivity index (χ1) is 18.0. The van der Waals surface area contributed by atoms with Crippen molar-refractivity contribution in [3.63, 3.8) is 0 Å². The highest BCUT2D eigenvalue weighted by Crippen LogP contribution is 2.29. The van der Waals surface area contributed by atoms with E-state index in [1.54, 1.807) is 44.6 Å². The third-order valence-corrected chi connectivity index (χ3v) is 7.06. The molecule has 1 fully saturated rings. The van der Waals surface area contributed by atoms with Crippen molar-refractivity contribution in [1.29, 1.82) is 0 Å². The van der Waals surface area contributed by atoms with E-state index in [0.29, 0.717) is 58.5 Å². The van der Waals surface area contributed by atoms with Gasteiger partial charge in [-0.05, 0) is 60.7 Å². The third kappa shape index (κ3) is 7.21. The van der Waals surface area contributed by atoms with Crippen LogP contribution in [0.1, 0.15) is 28.8 Å². The van der Waals surface area contributed by atoms with E-state index in [-0.39, 0.29) is 5.91 Å². The molecule has 2 heterocycles. The molecule has 1 saturated heterocycles. The van der Waals surface area contributed by atoms with Gasteiger partial charge in [-0.1, -0.05) is 35.3 Å². The Kier molecular flexibility index (Phi) is 9.36. The van der Waals surface area contributed by atoms with Gasteiger partial charge < -0.3 is 24.4 Å². The van der Waals surface area contributed by atoms with Gasteiger partial charge in [-0.25, -0.2) is 0 Å². The zero-order chi connectivity index (χ0) is 26.2. The van der Waals surface area contributed by atoms with E-state index >= 15 is 0 Å². The molecule has 4 rings (SSSR count). The number of benzene rings is 2. The molecular weight excluding hydrogens is 513 g/mol. The topological polar surface area (TPSA) is 72.9 Å². The Hall–Kier alpha value is -3.16. The monoisotopic (exact) mass is 543 g/mol. The fraction of sp³-hybridized carbons (Fsp3) is 0.357. The summed E-state index contributed by atoms with van der Waals surface area (Å²) in [6.07, 6.45) is 2.55. The van der Waals surface area contributed by atoms with E-state index in [9.17, 15) is 4.79 Å². The second-order valence-corrected chi connectivity index (χ2v) is 9.72. The van der Waals surface area contributed by atoms with Crippen molar-refractivity contribution >= 4 is 34.9 Å². The van der Waals surface area contributed by atoms with Crippen LogP contribution in [0.25, 0.3) is 0 Å². The van der Waals surface area contributed by atoms with Gasteiger partial charge in [-0.3, -0.25) is 4.79 Å². The predicted octanol–water partition coefficient (Wildman–Crippen LogP) is 5.67. The smallest absolute Gasteiger partial charge is 0.251 e. The zero-order valence-corrected chi connectivity index (χ0v) is 22.5. The Morgan fingerprint density at radius 2 is 1.84 bits per heavy atom. The van der Waals surface area contributed by atoms with Crippen LogP contribution in [0.15, 0.2) is 54.6 Å². The van der Waals surface area contributed by atoms with Gasteiger partial charge in [0, 0.05) is 47.7 Å². The highest BCUT2D eigenvalue weighted by molar-refractivity contribution is 6.35. The largest absolute Gasteiger partial charge is 0.493 e. The van der Waals surface area contributed by atoms with E-state index in [1.807, 2.05) is 24.3 Å². The number of amides is 1. The molecule has 2 aromatic carbocycles. The first-order valence-corrected chi connectivity index (χ1v) is 13.0. The number of carbonyl (C=O) groups is 1. The summed E-state index contributed by atoms with van der Waals surface area (Å²) in [7, 11) is 3.20. The average Bonchev–Trinajstić information content (AvgIpc) is 2.93. The third-order valence-electron chi connectivity index (χ3n) is 6.48. The Morgan fingerprint density at radius 1 is 1.03 bits per heavy atom. The van der Waals surface area contributed by atoms with Gasteiger partial charge >= 0.3 is 0 Å². The molecule has 1 N–H and O–H groups in total. The van der Waals surface area contributed by atoms with Crippen LogP contribution in [0, 0.1) is 5.92 Å². The van der Waals surface area contributed by atoms with Crippen molar-refractivity contribution < 1.29 is 19.0 Å². The molecule has 1 amide bonds. The maximum absolute atomic E-state index is 12.9. The molecule has 0 spiro atoms. The van der Waals surface area contributed by atoms with Crippen molar-refractivity contribution in [1.82, 2.24) is 10.3 Å². The summed E-state index contributed by atoms with van der Waals surface area (Å²) in [5, 5.41) is 4.27. The summed E-state index contributed by atoms with van der Waals surface area (Å²) in [4.78, 5) is 19.7. The van der Waals surface area contributed by atoms with Crippen molar-refractivity contribution in [2.24, 2.45) is 5.92 Å². The molecule has 9 heteroatoms. The quantitative estimate of drug-likeness (QED) is 0.355. The Morgan fingerprint density at radius 3 is 2.57 bits per heavy atom. The van der Waals surface area contributed by atoms with Gasteiger partial charge in [0.05, 0.1) is 20.8 Å². The maximum Gasteiger partial charge on any atom is 0.251 e. The van der Waals surface area contributed by atoms with E-state index in [4.69, 9.17) is 37.4 Å². The van der Waals surface area contributed by atoms with E-state index in [0.717, 1.165) is 37.3 Å². The lowest BCUT2D eigenvalue weighted by molar-refractivity contribution is 0.0944. The second-order valence-electron chi connectivity index (χ2n) is 8.88. The minimum Gasteiger partial charge on any atom is -0.493 e. The number of anilines is 1. The molecule has 196 valence electrons. The number of methoxy groups -OCH3 is 2. The van der Waals surface area contributed by atoms with Crippen LogP contribution in [0.2, 0.25) is 10.0 Å². The number of rotatable bonds is 10. The molecule has 37 heavy (non-hydrogen) atoms. The summed E-state index contributed by atoms with van der Waals surface area (Å²) in [5.74, 6) is 2.89. The number of piperidine rings is 1. The minimum atomic E-state index is -0.134.